The van der Waals surface area contributed by atoms with Crippen molar-refractivity contribution in [3.63, 3.8) is 0 Å². The molecule has 0 saturated heterocycles. The van der Waals surface area contributed by atoms with Crippen molar-refractivity contribution in [2.24, 2.45) is 0 Å². The van der Waals surface area contributed by atoms with Crippen LogP contribution < -0.4 is 10.6 Å². The fourth-order valence-electron chi connectivity index (χ4n) is 0.983. The van der Waals surface area contributed by atoms with Gasteiger partial charge in [0.25, 0.3) is 0 Å². The van der Waals surface area contributed by atoms with Crippen molar-refractivity contribution >= 4 is 17.6 Å². The number of hydrogen-bond acceptors (Lipinski definition) is 3. The lowest BCUT2D eigenvalue weighted by molar-refractivity contribution is -0.128. The highest BCUT2D eigenvalue weighted by molar-refractivity contribution is 5.90. The van der Waals surface area contributed by atoms with Crippen molar-refractivity contribution < 1.29 is 14.4 Å². The smallest absolute Gasteiger partial charge is 0.239 e. The highest BCUT2D eigenvalue weighted by Crippen LogP contribution is 1.89. The summed E-state index contributed by atoms with van der Waals surface area (Å²) in [5.74, 6) is -0.545. The largest absolute Gasteiger partial charge is 0.347 e. The van der Waals surface area contributed by atoms with Crippen LogP contribution in [0.4, 0.5) is 0 Å². The van der Waals surface area contributed by atoms with Gasteiger partial charge in [-0.2, -0.15) is 0 Å². The van der Waals surface area contributed by atoms with Crippen molar-refractivity contribution in [1.29, 1.82) is 0 Å². The molecule has 0 rings (SSSR count). The van der Waals surface area contributed by atoms with Gasteiger partial charge >= 0.3 is 0 Å². The average molecular weight is 214 g/mol. The van der Waals surface area contributed by atoms with Gasteiger partial charge in [0, 0.05) is 12.8 Å². The Kier molecular flexibility index (Phi) is 6.33. The molecule has 0 aliphatic heterocycles. The van der Waals surface area contributed by atoms with E-state index in [1.807, 2.05) is 0 Å². The van der Waals surface area contributed by atoms with E-state index in [9.17, 15) is 14.4 Å². The zero-order chi connectivity index (χ0) is 11.8. The Morgan fingerprint density at radius 3 is 2.13 bits per heavy atom. The third-order valence-electron chi connectivity index (χ3n) is 1.98. The van der Waals surface area contributed by atoms with Gasteiger partial charge in [-0.3, -0.25) is 14.4 Å². The summed E-state index contributed by atoms with van der Waals surface area (Å²) < 4.78 is 0. The second-order valence-corrected chi connectivity index (χ2v) is 3.24. The monoisotopic (exact) mass is 214 g/mol. The van der Waals surface area contributed by atoms with Crippen LogP contribution in [0.15, 0.2) is 0 Å². The maximum absolute atomic E-state index is 11.2. The molecular weight excluding hydrogens is 196 g/mol. The number of Topliss-reactive ketones (excluding diaryl/α,β-unsaturated/α-hetero) is 1. The molecule has 15 heavy (non-hydrogen) atoms. The number of nitrogens with one attached hydrogen (secondary N) is 2. The third kappa shape index (κ3) is 5.83. The van der Waals surface area contributed by atoms with Crippen LogP contribution in [0.5, 0.6) is 0 Å². The molecule has 0 aliphatic carbocycles. The lowest BCUT2D eigenvalue weighted by Crippen LogP contribution is -2.43. The van der Waals surface area contributed by atoms with Crippen LogP contribution in [0.2, 0.25) is 0 Å². The molecule has 0 bridgehead atoms. The van der Waals surface area contributed by atoms with Crippen LogP contribution in [0, 0.1) is 0 Å². The molecule has 0 saturated carbocycles. The van der Waals surface area contributed by atoms with Crippen molar-refractivity contribution in [1.82, 2.24) is 10.6 Å². The van der Waals surface area contributed by atoms with E-state index < -0.39 is 6.04 Å². The molecule has 1 unspecified atom stereocenters. The van der Waals surface area contributed by atoms with E-state index in [2.05, 4.69) is 10.6 Å². The summed E-state index contributed by atoms with van der Waals surface area (Å²) in [6.07, 6.45) is 0.736. The van der Waals surface area contributed by atoms with E-state index in [0.29, 0.717) is 12.8 Å². The Hall–Kier alpha value is -1.39. The van der Waals surface area contributed by atoms with E-state index in [-0.39, 0.29) is 24.1 Å². The summed E-state index contributed by atoms with van der Waals surface area (Å²) in [6, 6.07) is -0.485. The predicted octanol–water partition coefficient (Wildman–Crippen LogP) is -0.00360. The Balaban J connectivity index is 3.83. The molecule has 1 atom stereocenters. The van der Waals surface area contributed by atoms with Gasteiger partial charge < -0.3 is 10.6 Å². The van der Waals surface area contributed by atoms with Crippen LogP contribution in [-0.4, -0.2) is 30.2 Å². The Labute approximate surface area is 89.6 Å². The number of ketones is 1. The van der Waals surface area contributed by atoms with Gasteiger partial charge in [0.2, 0.25) is 11.8 Å². The Morgan fingerprint density at radius 2 is 1.67 bits per heavy atom. The fraction of sp³-hybridized carbons (Fsp3) is 0.700. The molecule has 0 heterocycles. The first-order chi connectivity index (χ1) is 7.01. The summed E-state index contributed by atoms with van der Waals surface area (Å²) >= 11 is 0. The molecule has 2 N–H and O–H groups in total. The van der Waals surface area contributed by atoms with Gasteiger partial charge in [-0.15, -0.1) is 0 Å². The first kappa shape index (κ1) is 13.6. The molecule has 5 heteroatoms. The minimum absolute atomic E-state index is 0.0230. The summed E-state index contributed by atoms with van der Waals surface area (Å²) in [5, 5.41) is 4.94. The first-order valence-electron chi connectivity index (χ1n) is 5.10. The van der Waals surface area contributed by atoms with Gasteiger partial charge in [-0.25, -0.2) is 0 Å². The van der Waals surface area contributed by atoms with E-state index in [1.165, 1.54) is 0 Å². The van der Waals surface area contributed by atoms with Crippen molar-refractivity contribution in [3.05, 3.63) is 0 Å². The minimum Gasteiger partial charge on any atom is -0.347 e. The molecule has 0 aromatic rings. The van der Waals surface area contributed by atoms with Crippen molar-refractivity contribution in [2.45, 2.75) is 39.7 Å². The second-order valence-electron chi connectivity index (χ2n) is 3.24. The first-order valence-corrected chi connectivity index (χ1v) is 5.10. The predicted molar refractivity (Wildman–Crippen MR) is 56.2 cm³/mol. The Morgan fingerprint density at radius 1 is 1.07 bits per heavy atom. The quantitative estimate of drug-likeness (QED) is 0.653. The van der Waals surface area contributed by atoms with Crippen LogP contribution in [0.3, 0.4) is 0 Å². The molecule has 0 radical (unpaired) electrons. The van der Waals surface area contributed by atoms with E-state index in [4.69, 9.17) is 0 Å². The second kappa shape index (κ2) is 6.98. The SMILES string of the molecule is CCC(=O)NCC(=O)NC(C)C(=O)CC. The van der Waals surface area contributed by atoms with E-state index >= 15 is 0 Å². The molecule has 5 nitrogen and oxygen atoms in total. The van der Waals surface area contributed by atoms with Gasteiger partial charge in [-0.05, 0) is 6.92 Å². The normalized spacial score (nSPS) is 11.7. The maximum Gasteiger partial charge on any atom is 0.239 e. The topological polar surface area (TPSA) is 75.3 Å². The third-order valence-corrected chi connectivity index (χ3v) is 1.98. The highest BCUT2D eigenvalue weighted by Gasteiger charge is 2.13. The molecule has 0 aromatic carbocycles. The molecular formula is C10H18N2O3. The maximum atomic E-state index is 11.2. The lowest BCUT2D eigenvalue weighted by Gasteiger charge is -2.11. The summed E-state index contributed by atoms with van der Waals surface area (Å²) in [6.45, 7) is 5.00. The molecule has 0 fully saturated rings. The van der Waals surface area contributed by atoms with Crippen LogP contribution in [0.1, 0.15) is 33.6 Å². The van der Waals surface area contributed by atoms with E-state index in [1.54, 1.807) is 20.8 Å². The van der Waals surface area contributed by atoms with Gasteiger partial charge in [0.15, 0.2) is 5.78 Å². The Bertz CT molecular complexity index is 251. The lowest BCUT2D eigenvalue weighted by atomic mass is 10.2. The van der Waals surface area contributed by atoms with Gasteiger partial charge in [0.05, 0.1) is 12.6 Å². The average Bonchev–Trinajstić information content (AvgIpc) is 2.24. The zero-order valence-electron chi connectivity index (χ0n) is 9.42. The number of rotatable bonds is 6. The summed E-state index contributed by atoms with van der Waals surface area (Å²) in [7, 11) is 0. The molecule has 0 aromatic heterocycles. The fourth-order valence-corrected chi connectivity index (χ4v) is 0.983. The standard InChI is InChI=1S/C10H18N2O3/c1-4-8(13)7(3)12-10(15)6-11-9(14)5-2/h7H,4-6H2,1-3H3,(H,11,14)(H,12,15). The number of carbonyl (C=O) groups is 3. The molecule has 0 aliphatic rings. The van der Waals surface area contributed by atoms with Gasteiger partial charge in [0.1, 0.15) is 0 Å². The molecule has 0 spiro atoms. The van der Waals surface area contributed by atoms with Crippen molar-refractivity contribution in [3.8, 4) is 0 Å². The van der Waals surface area contributed by atoms with Crippen molar-refractivity contribution in [2.75, 3.05) is 6.54 Å². The summed E-state index contributed by atoms with van der Waals surface area (Å²) in [5.41, 5.74) is 0. The number of carbonyl (C=O) groups excluding carboxylic acids is 3. The number of amides is 2. The molecule has 86 valence electrons. The van der Waals surface area contributed by atoms with Gasteiger partial charge in [-0.1, -0.05) is 13.8 Å². The van der Waals surface area contributed by atoms with Crippen LogP contribution in [-0.2, 0) is 14.4 Å². The van der Waals surface area contributed by atoms with E-state index in [0.717, 1.165) is 0 Å². The highest BCUT2D eigenvalue weighted by atomic mass is 16.2. The molecule has 2 amide bonds. The summed E-state index contributed by atoms with van der Waals surface area (Å²) in [4.78, 5) is 33.2. The van der Waals surface area contributed by atoms with Crippen LogP contribution >= 0.6 is 0 Å². The zero-order valence-corrected chi connectivity index (χ0v) is 9.42. The van der Waals surface area contributed by atoms with Crippen LogP contribution in [0.25, 0.3) is 0 Å². The minimum atomic E-state index is -0.485. The number of hydrogen-bond donors (Lipinski definition) is 2.